The number of carbonyl (C=O) groups is 2. The number of carboxylic acids is 1. The zero-order chi connectivity index (χ0) is 12.6. The van der Waals surface area contributed by atoms with Crippen LogP contribution in [0.3, 0.4) is 0 Å². The predicted molar refractivity (Wildman–Crippen MR) is 44.5 cm³/mol. The molecule has 0 spiro atoms. The van der Waals surface area contributed by atoms with Gasteiger partial charge in [0.25, 0.3) is 0 Å². The summed E-state index contributed by atoms with van der Waals surface area (Å²) < 4.78 is 36.0. The lowest BCUT2D eigenvalue weighted by molar-refractivity contribution is -0.190. The van der Waals surface area contributed by atoms with E-state index in [1.807, 2.05) is 0 Å². The number of piperidine rings is 1. The molecule has 0 atom stereocenters. The Balaban J connectivity index is 2.63. The fourth-order valence-corrected chi connectivity index (χ4v) is 1.47. The Kier molecular flexibility index (Phi) is 3.13. The van der Waals surface area contributed by atoms with Gasteiger partial charge in [-0.2, -0.15) is 13.2 Å². The Bertz CT molecular complexity index is 307. The smallest absolute Gasteiger partial charge is 0.471 e. The molecule has 1 aliphatic heterocycles. The first-order valence-electron chi connectivity index (χ1n) is 4.49. The van der Waals surface area contributed by atoms with Crippen LogP contribution in [-0.4, -0.2) is 51.9 Å². The molecule has 0 aliphatic carbocycles. The monoisotopic (exact) mass is 241 g/mol. The van der Waals surface area contributed by atoms with Gasteiger partial charge < -0.3 is 15.1 Å². The molecule has 1 rings (SSSR count). The largest absolute Gasteiger partial charge is 0.479 e. The molecule has 16 heavy (non-hydrogen) atoms. The molecule has 0 aromatic heterocycles. The van der Waals surface area contributed by atoms with Gasteiger partial charge in [0, 0.05) is 25.9 Å². The number of carboxylic acid groups (broad SMARTS) is 1. The lowest BCUT2D eigenvalue weighted by atomic mass is 9.91. The zero-order valence-corrected chi connectivity index (χ0v) is 8.12. The van der Waals surface area contributed by atoms with E-state index in [0.717, 1.165) is 0 Å². The van der Waals surface area contributed by atoms with Crippen molar-refractivity contribution in [2.75, 3.05) is 13.1 Å². The van der Waals surface area contributed by atoms with E-state index in [4.69, 9.17) is 5.11 Å². The number of alkyl halides is 3. The van der Waals surface area contributed by atoms with Crippen molar-refractivity contribution in [2.24, 2.45) is 0 Å². The zero-order valence-electron chi connectivity index (χ0n) is 8.12. The molecule has 0 saturated carbocycles. The highest BCUT2D eigenvalue weighted by atomic mass is 19.4. The van der Waals surface area contributed by atoms with E-state index in [1.54, 1.807) is 0 Å². The number of hydrogen-bond acceptors (Lipinski definition) is 3. The number of aliphatic carboxylic acids is 1. The van der Waals surface area contributed by atoms with Gasteiger partial charge in [-0.25, -0.2) is 4.79 Å². The van der Waals surface area contributed by atoms with E-state index < -0.39 is 49.6 Å². The predicted octanol–water partition coefficient (Wildman–Crippen LogP) is -0.0132. The maximum atomic E-state index is 12.0. The van der Waals surface area contributed by atoms with E-state index >= 15 is 0 Å². The summed E-state index contributed by atoms with van der Waals surface area (Å²) >= 11 is 0. The standard InChI is InChI=1S/C8H10F3NO4/c9-8(10,11)5(13)12-3-1-7(16,2-4-12)6(14)15/h16H,1-4H2,(H,14,15). The molecule has 0 radical (unpaired) electrons. The maximum Gasteiger partial charge on any atom is 0.471 e. The second-order valence-electron chi connectivity index (χ2n) is 3.63. The van der Waals surface area contributed by atoms with Gasteiger partial charge in [-0.3, -0.25) is 4.79 Å². The fraction of sp³-hybridized carbons (Fsp3) is 0.750. The van der Waals surface area contributed by atoms with Crippen molar-refractivity contribution >= 4 is 11.9 Å². The lowest BCUT2D eigenvalue weighted by Crippen LogP contribution is -2.53. The van der Waals surface area contributed by atoms with Crippen LogP contribution in [0.5, 0.6) is 0 Å². The normalized spacial score (nSPS) is 20.6. The number of aliphatic hydroxyl groups is 1. The van der Waals surface area contributed by atoms with E-state index in [0.29, 0.717) is 4.90 Å². The van der Waals surface area contributed by atoms with Gasteiger partial charge >= 0.3 is 18.1 Å². The summed E-state index contributed by atoms with van der Waals surface area (Å²) in [6.45, 7) is -0.831. The molecular weight excluding hydrogens is 231 g/mol. The van der Waals surface area contributed by atoms with Gasteiger partial charge in [-0.05, 0) is 0 Å². The third kappa shape index (κ3) is 2.43. The van der Waals surface area contributed by atoms with Crippen LogP contribution in [-0.2, 0) is 9.59 Å². The van der Waals surface area contributed by atoms with Crippen LogP contribution in [0.1, 0.15) is 12.8 Å². The quantitative estimate of drug-likeness (QED) is 0.676. The minimum Gasteiger partial charge on any atom is -0.479 e. The summed E-state index contributed by atoms with van der Waals surface area (Å²) in [5, 5.41) is 18.0. The number of halogens is 3. The van der Waals surface area contributed by atoms with Crippen LogP contribution in [0.15, 0.2) is 0 Å². The van der Waals surface area contributed by atoms with Crippen LogP contribution < -0.4 is 0 Å². The topological polar surface area (TPSA) is 77.8 Å². The minimum absolute atomic E-state index is 0.399. The SMILES string of the molecule is O=C(N1CCC(O)(C(=O)O)CC1)C(F)(F)F. The van der Waals surface area contributed by atoms with Crippen molar-refractivity contribution in [3.63, 3.8) is 0 Å². The molecule has 5 nitrogen and oxygen atoms in total. The molecule has 92 valence electrons. The third-order valence-corrected chi connectivity index (χ3v) is 2.52. The maximum absolute atomic E-state index is 12.0. The van der Waals surface area contributed by atoms with Crippen LogP contribution in [0.25, 0.3) is 0 Å². The van der Waals surface area contributed by atoms with Gasteiger partial charge in [0.05, 0.1) is 0 Å². The van der Waals surface area contributed by atoms with Crippen molar-refractivity contribution in [3.05, 3.63) is 0 Å². The van der Waals surface area contributed by atoms with Crippen molar-refractivity contribution in [2.45, 2.75) is 24.6 Å². The molecule has 1 amide bonds. The van der Waals surface area contributed by atoms with Crippen molar-refractivity contribution in [1.29, 1.82) is 0 Å². The van der Waals surface area contributed by atoms with Crippen LogP contribution in [0, 0.1) is 0 Å². The number of nitrogens with zero attached hydrogens (tertiary/aromatic N) is 1. The summed E-state index contributed by atoms with van der Waals surface area (Å²) in [6, 6.07) is 0. The average molecular weight is 241 g/mol. The Hall–Kier alpha value is -1.31. The van der Waals surface area contributed by atoms with Gasteiger partial charge in [0.2, 0.25) is 0 Å². The number of hydrogen-bond donors (Lipinski definition) is 2. The van der Waals surface area contributed by atoms with Crippen LogP contribution >= 0.6 is 0 Å². The molecule has 2 N–H and O–H groups in total. The first-order chi connectivity index (χ1) is 7.17. The van der Waals surface area contributed by atoms with Gasteiger partial charge in [0.1, 0.15) is 0 Å². The Labute approximate surface area is 88.5 Å². The van der Waals surface area contributed by atoms with Crippen LogP contribution in [0.4, 0.5) is 13.2 Å². The highest BCUT2D eigenvalue weighted by molar-refractivity contribution is 5.83. The molecule has 1 fully saturated rings. The fourth-order valence-electron chi connectivity index (χ4n) is 1.47. The highest BCUT2D eigenvalue weighted by Crippen LogP contribution is 2.26. The summed E-state index contributed by atoms with van der Waals surface area (Å²) in [6.07, 6.45) is -5.76. The molecule has 1 heterocycles. The van der Waals surface area contributed by atoms with Crippen molar-refractivity contribution in [3.8, 4) is 0 Å². The van der Waals surface area contributed by atoms with E-state index in [-0.39, 0.29) is 0 Å². The number of likely N-dealkylation sites (tertiary alicyclic amines) is 1. The summed E-state index contributed by atoms with van der Waals surface area (Å²) in [7, 11) is 0. The molecule has 0 bridgehead atoms. The molecule has 1 saturated heterocycles. The summed E-state index contributed by atoms with van der Waals surface area (Å²) in [4.78, 5) is 21.8. The van der Waals surface area contributed by atoms with E-state index in [9.17, 15) is 27.9 Å². The van der Waals surface area contributed by atoms with Gasteiger partial charge in [0.15, 0.2) is 5.60 Å². The molecule has 0 unspecified atom stereocenters. The first-order valence-corrected chi connectivity index (χ1v) is 4.49. The average Bonchev–Trinajstić information content (AvgIpc) is 2.16. The second-order valence-corrected chi connectivity index (χ2v) is 3.63. The van der Waals surface area contributed by atoms with E-state index in [1.165, 1.54) is 0 Å². The Morgan fingerprint density at radius 3 is 1.94 bits per heavy atom. The van der Waals surface area contributed by atoms with Crippen molar-refractivity contribution in [1.82, 2.24) is 4.90 Å². The molecule has 0 aromatic rings. The lowest BCUT2D eigenvalue weighted by Gasteiger charge is -2.35. The third-order valence-electron chi connectivity index (χ3n) is 2.52. The molecular formula is C8H10F3NO4. The van der Waals surface area contributed by atoms with Crippen LogP contribution in [0.2, 0.25) is 0 Å². The molecule has 0 aromatic carbocycles. The highest BCUT2D eigenvalue weighted by Gasteiger charge is 2.47. The van der Waals surface area contributed by atoms with Gasteiger partial charge in [-0.1, -0.05) is 0 Å². The first kappa shape index (κ1) is 12.8. The van der Waals surface area contributed by atoms with Crippen molar-refractivity contribution < 1.29 is 33.0 Å². The van der Waals surface area contributed by atoms with E-state index in [2.05, 4.69) is 0 Å². The molecule has 1 aliphatic rings. The Morgan fingerprint density at radius 2 is 1.62 bits per heavy atom. The number of carbonyl (C=O) groups excluding carboxylic acids is 1. The Morgan fingerprint density at radius 1 is 1.19 bits per heavy atom. The molecule has 8 heteroatoms. The number of amides is 1. The minimum atomic E-state index is -4.96. The van der Waals surface area contributed by atoms with Gasteiger partial charge in [-0.15, -0.1) is 0 Å². The summed E-state index contributed by atoms with van der Waals surface area (Å²) in [5.74, 6) is -3.48. The summed E-state index contributed by atoms with van der Waals surface area (Å²) in [5.41, 5.74) is -2.03. The number of rotatable bonds is 1. The second kappa shape index (κ2) is 3.93.